The number of nitrogens with one attached hydrogen (secondary N) is 2. The first-order valence-corrected chi connectivity index (χ1v) is 10.0. The number of carbonyl (C=O) groups is 1. The molecular weight excluding hydrogens is 380 g/mol. The Labute approximate surface area is 170 Å². The smallest absolute Gasteiger partial charge is 0.315 e. The van der Waals surface area contributed by atoms with Crippen LogP contribution in [0.15, 0.2) is 18.3 Å². The molecule has 0 saturated carbocycles. The van der Waals surface area contributed by atoms with Crippen molar-refractivity contribution >= 4 is 17.6 Å². The van der Waals surface area contributed by atoms with Gasteiger partial charge in [-0.3, -0.25) is 0 Å². The fourth-order valence-electron chi connectivity index (χ4n) is 3.30. The van der Waals surface area contributed by atoms with Gasteiger partial charge in [0.25, 0.3) is 0 Å². The monoisotopic (exact) mass is 406 g/mol. The molecule has 0 unspecified atom stereocenters. The molecule has 0 saturated heterocycles. The molecule has 1 aliphatic heterocycles. The largest absolute Gasteiger partial charge is 0.493 e. The van der Waals surface area contributed by atoms with E-state index in [0.717, 1.165) is 36.5 Å². The molecule has 0 radical (unpaired) electrons. The molecule has 2 N–H and O–H groups in total. The fraction of sp³-hybridized carbons (Fsp3) is 0.500. The number of halogens is 1. The van der Waals surface area contributed by atoms with E-state index < -0.39 is 0 Å². The Morgan fingerprint density at radius 2 is 2.18 bits per heavy atom. The summed E-state index contributed by atoms with van der Waals surface area (Å²) in [5.41, 5.74) is 1.86. The summed E-state index contributed by atoms with van der Waals surface area (Å²) in [6, 6.07) is 3.35. The van der Waals surface area contributed by atoms with Crippen molar-refractivity contribution in [2.45, 2.75) is 45.7 Å². The maximum atomic E-state index is 12.1. The highest BCUT2D eigenvalue weighted by atomic mass is 35.5. The molecular formula is C20H27ClN4O3. The lowest BCUT2D eigenvalue weighted by atomic mass is 10.2. The third kappa shape index (κ3) is 5.10. The SMILES string of the molecule is CCOc1c(Cl)cc(CNC(=O)NCCc2cn3c(n2)CCCC3)cc1OC. The summed E-state index contributed by atoms with van der Waals surface area (Å²) in [6.07, 6.45) is 6.28. The number of nitrogens with zero attached hydrogens (tertiary/aromatic N) is 2. The van der Waals surface area contributed by atoms with Crippen molar-refractivity contribution in [3.05, 3.63) is 40.4 Å². The molecule has 0 atom stereocenters. The molecule has 0 aliphatic carbocycles. The lowest BCUT2D eigenvalue weighted by Crippen LogP contribution is -2.36. The number of rotatable bonds is 8. The van der Waals surface area contributed by atoms with Gasteiger partial charge in [-0.25, -0.2) is 9.78 Å². The van der Waals surface area contributed by atoms with Gasteiger partial charge in [0.15, 0.2) is 11.5 Å². The molecule has 0 fully saturated rings. The van der Waals surface area contributed by atoms with Crippen LogP contribution in [0.3, 0.4) is 0 Å². The number of hydrogen-bond acceptors (Lipinski definition) is 4. The van der Waals surface area contributed by atoms with Crippen LogP contribution in [0.2, 0.25) is 5.02 Å². The molecule has 7 nitrogen and oxygen atoms in total. The van der Waals surface area contributed by atoms with Gasteiger partial charge in [-0.1, -0.05) is 11.6 Å². The number of carbonyl (C=O) groups excluding carboxylic acids is 1. The third-order valence-corrected chi connectivity index (χ3v) is 4.94. The number of aryl methyl sites for hydroxylation is 2. The van der Waals surface area contributed by atoms with Crippen molar-refractivity contribution in [3.8, 4) is 11.5 Å². The molecule has 1 aliphatic rings. The van der Waals surface area contributed by atoms with Gasteiger partial charge in [-0.05, 0) is 37.5 Å². The van der Waals surface area contributed by atoms with Gasteiger partial charge in [-0.15, -0.1) is 0 Å². The number of methoxy groups -OCH3 is 1. The zero-order valence-electron chi connectivity index (χ0n) is 16.4. The summed E-state index contributed by atoms with van der Waals surface area (Å²) in [5.74, 6) is 2.23. The fourth-order valence-corrected chi connectivity index (χ4v) is 3.59. The topological polar surface area (TPSA) is 77.4 Å². The predicted molar refractivity (Wildman–Crippen MR) is 108 cm³/mol. The van der Waals surface area contributed by atoms with Crippen LogP contribution in [0.4, 0.5) is 4.79 Å². The van der Waals surface area contributed by atoms with E-state index in [4.69, 9.17) is 21.1 Å². The minimum Gasteiger partial charge on any atom is -0.493 e. The molecule has 8 heteroatoms. The highest BCUT2D eigenvalue weighted by Crippen LogP contribution is 2.36. The van der Waals surface area contributed by atoms with Crippen LogP contribution < -0.4 is 20.1 Å². The summed E-state index contributed by atoms with van der Waals surface area (Å²) in [4.78, 5) is 16.7. The van der Waals surface area contributed by atoms with Crippen molar-refractivity contribution in [2.24, 2.45) is 0 Å². The summed E-state index contributed by atoms with van der Waals surface area (Å²) in [5, 5.41) is 6.16. The maximum Gasteiger partial charge on any atom is 0.315 e. The molecule has 1 aromatic carbocycles. The summed E-state index contributed by atoms with van der Waals surface area (Å²) in [7, 11) is 1.56. The van der Waals surface area contributed by atoms with E-state index in [1.807, 2.05) is 13.0 Å². The molecule has 152 valence electrons. The summed E-state index contributed by atoms with van der Waals surface area (Å²) in [6.45, 7) is 4.30. The molecule has 2 aromatic rings. The first kappa shape index (κ1) is 20.3. The number of amides is 2. The second-order valence-electron chi connectivity index (χ2n) is 6.70. The molecule has 2 amide bonds. The molecule has 0 bridgehead atoms. The lowest BCUT2D eigenvalue weighted by molar-refractivity contribution is 0.240. The van der Waals surface area contributed by atoms with Gasteiger partial charge < -0.3 is 24.7 Å². The summed E-state index contributed by atoms with van der Waals surface area (Å²) >= 11 is 6.26. The second-order valence-corrected chi connectivity index (χ2v) is 7.11. The average molecular weight is 407 g/mol. The van der Waals surface area contributed by atoms with Gasteiger partial charge in [0, 0.05) is 38.7 Å². The first-order valence-electron chi connectivity index (χ1n) is 9.66. The van der Waals surface area contributed by atoms with E-state index in [0.29, 0.717) is 36.2 Å². The highest BCUT2D eigenvalue weighted by molar-refractivity contribution is 6.32. The van der Waals surface area contributed by atoms with Gasteiger partial charge in [0.1, 0.15) is 5.82 Å². The number of benzene rings is 1. The molecule has 0 spiro atoms. The summed E-state index contributed by atoms with van der Waals surface area (Å²) < 4.78 is 13.1. The van der Waals surface area contributed by atoms with Crippen molar-refractivity contribution in [1.82, 2.24) is 20.2 Å². The van der Waals surface area contributed by atoms with E-state index in [-0.39, 0.29) is 6.03 Å². The lowest BCUT2D eigenvalue weighted by Gasteiger charge is -2.13. The maximum absolute atomic E-state index is 12.1. The van der Waals surface area contributed by atoms with Gasteiger partial charge in [-0.2, -0.15) is 0 Å². The van der Waals surface area contributed by atoms with Crippen molar-refractivity contribution in [2.75, 3.05) is 20.3 Å². The average Bonchev–Trinajstić information content (AvgIpc) is 3.11. The Morgan fingerprint density at radius 3 is 2.93 bits per heavy atom. The second kappa shape index (κ2) is 9.68. The van der Waals surface area contributed by atoms with Crippen LogP contribution >= 0.6 is 11.6 Å². The first-order chi connectivity index (χ1) is 13.6. The Bertz CT molecular complexity index is 799. The Kier molecular flexibility index (Phi) is 7.03. The number of imidazole rings is 1. The number of urea groups is 1. The van der Waals surface area contributed by atoms with E-state index in [1.54, 1.807) is 13.2 Å². The standard InChI is InChI=1S/C20H27ClN4O3/c1-3-28-19-16(21)10-14(11-17(19)27-2)12-23-20(26)22-8-7-15-13-25-9-5-4-6-18(25)24-15/h10-11,13H,3-9,12H2,1-2H3,(H2,22,23,26). The van der Waals surface area contributed by atoms with Crippen molar-refractivity contribution < 1.29 is 14.3 Å². The predicted octanol–water partition coefficient (Wildman–Crippen LogP) is 3.32. The van der Waals surface area contributed by atoms with Crippen LogP contribution in [0.25, 0.3) is 0 Å². The number of fused-ring (bicyclic) bond motifs is 1. The third-order valence-electron chi connectivity index (χ3n) is 4.66. The Morgan fingerprint density at radius 1 is 1.32 bits per heavy atom. The number of aromatic nitrogens is 2. The molecule has 3 rings (SSSR count). The van der Waals surface area contributed by atoms with Crippen LogP contribution in [0.5, 0.6) is 11.5 Å². The van der Waals surface area contributed by atoms with Crippen LogP contribution in [-0.4, -0.2) is 35.8 Å². The zero-order valence-corrected chi connectivity index (χ0v) is 17.1. The van der Waals surface area contributed by atoms with Crippen molar-refractivity contribution in [3.63, 3.8) is 0 Å². The molecule has 28 heavy (non-hydrogen) atoms. The van der Waals surface area contributed by atoms with Crippen LogP contribution in [-0.2, 0) is 25.9 Å². The Hall–Kier alpha value is -2.41. The van der Waals surface area contributed by atoms with Crippen molar-refractivity contribution in [1.29, 1.82) is 0 Å². The Balaban J connectivity index is 1.46. The van der Waals surface area contributed by atoms with Gasteiger partial charge in [0.05, 0.1) is 24.4 Å². The van der Waals surface area contributed by atoms with Crippen LogP contribution in [0, 0.1) is 0 Å². The van der Waals surface area contributed by atoms with Gasteiger partial charge in [0.2, 0.25) is 0 Å². The minimum atomic E-state index is -0.229. The van der Waals surface area contributed by atoms with E-state index in [1.165, 1.54) is 12.8 Å². The molecule has 2 heterocycles. The number of ether oxygens (including phenoxy) is 2. The highest BCUT2D eigenvalue weighted by Gasteiger charge is 2.13. The van der Waals surface area contributed by atoms with E-state index >= 15 is 0 Å². The normalized spacial score (nSPS) is 13.0. The molecule has 1 aromatic heterocycles. The van der Waals surface area contributed by atoms with E-state index in [2.05, 4.69) is 26.4 Å². The van der Waals surface area contributed by atoms with E-state index in [9.17, 15) is 4.79 Å². The zero-order chi connectivity index (χ0) is 19.9. The van der Waals surface area contributed by atoms with Gasteiger partial charge >= 0.3 is 6.03 Å². The quantitative estimate of drug-likeness (QED) is 0.705. The van der Waals surface area contributed by atoms with Crippen LogP contribution in [0.1, 0.15) is 36.8 Å². The minimum absolute atomic E-state index is 0.229. The number of hydrogen-bond donors (Lipinski definition) is 2.